The van der Waals surface area contributed by atoms with Crippen LogP contribution in [0.3, 0.4) is 0 Å². The number of Topliss-reactive ketones (excluding diaryl/α,β-unsaturated/α-hetero) is 1. The molecule has 0 saturated carbocycles. The molecule has 3 rings (SSSR count). The minimum absolute atomic E-state index is 0.0387. The quantitative estimate of drug-likeness (QED) is 0.842. The molecule has 7 heteroatoms. The average Bonchev–Trinajstić information content (AvgIpc) is 2.87. The van der Waals surface area contributed by atoms with E-state index in [1.165, 1.54) is 0 Å². The summed E-state index contributed by atoms with van der Waals surface area (Å²) in [5.41, 5.74) is 0.154. The van der Waals surface area contributed by atoms with Gasteiger partial charge < -0.3 is 9.26 Å². The minimum Gasteiger partial charge on any atom is -0.380 e. The first-order valence-corrected chi connectivity index (χ1v) is 6.04. The molecular weight excluding hydrogens is 270 g/mol. The number of ketones is 1. The zero-order chi connectivity index (χ0) is 14.1. The molecule has 1 saturated heterocycles. The standard InChI is InChI=1S/C13H10F2N2O3/c14-8-3-7(4-9(15)5-8)12-16-13(20-17-12)10-6-19-2-1-11(10)18/h3-5,10H,1-2,6H2. The van der Waals surface area contributed by atoms with Gasteiger partial charge in [0.1, 0.15) is 23.3 Å². The van der Waals surface area contributed by atoms with Crippen LogP contribution in [-0.2, 0) is 9.53 Å². The Morgan fingerprint density at radius 1 is 1.20 bits per heavy atom. The summed E-state index contributed by atoms with van der Waals surface area (Å²) in [5, 5.41) is 3.65. The van der Waals surface area contributed by atoms with E-state index in [-0.39, 0.29) is 36.1 Å². The molecule has 1 aromatic carbocycles. The molecule has 0 N–H and O–H groups in total. The molecule has 2 heterocycles. The predicted molar refractivity (Wildman–Crippen MR) is 62.8 cm³/mol. The second-order valence-corrected chi connectivity index (χ2v) is 4.46. The summed E-state index contributed by atoms with van der Waals surface area (Å²) in [4.78, 5) is 15.7. The smallest absolute Gasteiger partial charge is 0.239 e. The van der Waals surface area contributed by atoms with Gasteiger partial charge in [0.25, 0.3) is 0 Å². The summed E-state index contributed by atoms with van der Waals surface area (Å²) < 4.78 is 36.5. The lowest BCUT2D eigenvalue weighted by molar-refractivity contribution is -0.127. The second kappa shape index (κ2) is 5.09. The highest BCUT2D eigenvalue weighted by Crippen LogP contribution is 2.24. The maximum atomic E-state index is 13.1. The molecule has 1 aliphatic heterocycles. The van der Waals surface area contributed by atoms with Crippen LogP contribution in [0.2, 0.25) is 0 Å². The van der Waals surface area contributed by atoms with Gasteiger partial charge in [-0.05, 0) is 12.1 Å². The summed E-state index contributed by atoms with van der Waals surface area (Å²) in [6.07, 6.45) is 0.289. The Hall–Kier alpha value is -2.15. The highest BCUT2D eigenvalue weighted by molar-refractivity contribution is 5.85. The van der Waals surface area contributed by atoms with E-state index in [1.807, 2.05) is 0 Å². The number of carbonyl (C=O) groups is 1. The Morgan fingerprint density at radius 2 is 1.95 bits per heavy atom. The first-order valence-electron chi connectivity index (χ1n) is 6.04. The third-order valence-corrected chi connectivity index (χ3v) is 3.03. The van der Waals surface area contributed by atoms with Crippen LogP contribution in [0, 0.1) is 11.6 Å². The Balaban J connectivity index is 1.91. The van der Waals surface area contributed by atoms with Crippen molar-refractivity contribution in [3.8, 4) is 11.4 Å². The Labute approximate surface area is 112 Å². The van der Waals surface area contributed by atoms with Gasteiger partial charge in [-0.2, -0.15) is 4.98 Å². The lowest BCUT2D eigenvalue weighted by atomic mass is 10.0. The molecule has 2 aromatic rings. The van der Waals surface area contributed by atoms with Gasteiger partial charge in [0.2, 0.25) is 11.7 Å². The topological polar surface area (TPSA) is 65.2 Å². The number of rotatable bonds is 2. The fourth-order valence-corrected chi connectivity index (χ4v) is 2.03. The summed E-state index contributed by atoms with van der Waals surface area (Å²) in [6, 6.07) is 2.94. The van der Waals surface area contributed by atoms with Crippen LogP contribution in [0.1, 0.15) is 18.2 Å². The van der Waals surface area contributed by atoms with Gasteiger partial charge >= 0.3 is 0 Å². The second-order valence-electron chi connectivity index (χ2n) is 4.46. The normalized spacial score (nSPS) is 19.3. The zero-order valence-corrected chi connectivity index (χ0v) is 10.3. The SMILES string of the molecule is O=C1CCOCC1c1nc(-c2cc(F)cc(F)c2)no1. The fraction of sp³-hybridized carbons (Fsp3) is 0.308. The molecule has 1 fully saturated rings. The summed E-state index contributed by atoms with van der Waals surface area (Å²) in [5.74, 6) is -1.97. The van der Waals surface area contributed by atoms with E-state index in [0.29, 0.717) is 6.61 Å². The van der Waals surface area contributed by atoms with Gasteiger partial charge in [0.05, 0.1) is 13.2 Å². The molecule has 20 heavy (non-hydrogen) atoms. The van der Waals surface area contributed by atoms with Crippen molar-refractivity contribution in [1.29, 1.82) is 0 Å². The predicted octanol–water partition coefficient (Wildman–Crippen LogP) is 2.09. The van der Waals surface area contributed by atoms with Crippen molar-refractivity contribution in [2.45, 2.75) is 12.3 Å². The zero-order valence-electron chi connectivity index (χ0n) is 10.3. The van der Waals surface area contributed by atoms with Gasteiger partial charge in [-0.3, -0.25) is 4.79 Å². The molecule has 104 valence electrons. The van der Waals surface area contributed by atoms with E-state index in [1.54, 1.807) is 0 Å². The number of ether oxygens (including phenoxy) is 1. The Kier molecular flexibility index (Phi) is 3.27. The van der Waals surface area contributed by atoms with Gasteiger partial charge in [0.15, 0.2) is 0 Å². The van der Waals surface area contributed by atoms with Crippen molar-refractivity contribution in [2.75, 3.05) is 13.2 Å². The molecule has 1 aliphatic rings. The van der Waals surface area contributed by atoms with Crippen LogP contribution < -0.4 is 0 Å². The van der Waals surface area contributed by atoms with E-state index in [2.05, 4.69) is 10.1 Å². The van der Waals surface area contributed by atoms with Crippen LogP contribution >= 0.6 is 0 Å². The van der Waals surface area contributed by atoms with E-state index in [4.69, 9.17) is 9.26 Å². The average molecular weight is 280 g/mol. The van der Waals surface area contributed by atoms with Crippen molar-refractivity contribution in [3.05, 3.63) is 35.7 Å². The number of carbonyl (C=O) groups excluding carboxylic acids is 1. The highest BCUT2D eigenvalue weighted by atomic mass is 19.1. The number of hydrogen-bond acceptors (Lipinski definition) is 5. The molecule has 0 amide bonds. The largest absolute Gasteiger partial charge is 0.380 e. The molecule has 1 aromatic heterocycles. The van der Waals surface area contributed by atoms with Gasteiger partial charge in [0, 0.05) is 18.1 Å². The van der Waals surface area contributed by atoms with Crippen molar-refractivity contribution in [3.63, 3.8) is 0 Å². The maximum absolute atomic E-state index is 13.1. The minimum atomic E-state index is -0.733. The lowest BCUT2D eigenvalue weighted by Gasteiger charge is -2.16. The van der Waals surface area contributed by atoms with E-state index < -0.39 is 17.6 Å². The Bertz CT molecular complexity index is 637. The molecule has 1 unspecified atom stereocenters. The van der Waals surface area contributed by atoms with Crippen molar-refractivity contribution >= 4 is 5.78 Å². The van der Waals surface area contributed by atoms with Crippen LogP contribution in [0.25, 0.3) is 11.4 Å². The Morgan fingerprint density at radius 3 is 2.65 bits per heavy atom. The van der Waals surface area contributed by atoms with E-state index >= 15 is 0 Å². The van der Waals surface area contributed by atoms with Crippen molar-refractivity contribution in [1.82, 2.24) is 10.1 Å². The lowest BCUT2D eigenvalue weighted by Crippen LogP contribution is -2.25. The first-order chi connectivity index (χ1) is 9.63. The molecule has 1 atom stereocenters. The van der Waals surface area contributed by atoms with Gasteiger partial charge in [-0.15, -0.1) is 0 Å². The number of hydrogen-bond donors (Lipinski definition) is 0. The summed E-state index contributed by atoms with van der Waals surface area (Å²) in [6.45, 7) is 0.559. The number of halogens is 2. The van der Waals surface area contributed by atoms with Crippen molar-refractivity contribution < 1.29 is 22.8 Å². The van der Waals surface area contributed by atoms with Crippen LogP contribution in [0.4, 0.5) is 8.78 Å². The fourth-order valence-electron chi connectivity index (χ4n) is 2.03. The molecule has 0 spiro atoms. The number of aromatic nitrogens is 2. The van der Waals surface area contributed by atoms with Crippen LogP contribution in [-0.4, -0.2) is 29.1 Å². The highest BCUT2D eigenvalue weighted by Gasteiger charge is 2.30. The molecule has 0 aliphatic carbocycles. The van der Waals surface area contributed by atoms with Crippen LogP contribution in [0.5, 0.6) is 0 Å². The van der Waals surface area contributed by atoms with E-state index in [0.717, 1.165) is 18.2 Å². The third-order valence-electron chi connectivity index (χ3n) is 3.03. The molecular formula is C13H10F2N2O3. The number of nitrogens with zero attached hydrogens (tertiary/aromatic N) is 2. The van der Waals surface area contributed by atoms with E-state index in [9.17, 15) is 13.6 Å². The summed E-state index contributed by atoms with van der Waals surface area (Å²) in [7, 11) is 0. The van der Waals surface area contributed by atoms with Crippen LogP contribution in [0.15, 0.2) is 22.7 Å². The number of benzene rings is 1. The first kappa shape index (κ1) is 12.9. The third kappa shape index (κ3) is 2.44. The molecule has 0 radical (unpaired) electrons. The molecule has 0 bridgehead atoms. The van der Waals surface area contributed by atoms with Gasteiger partial charge in [-0.25, -0.2) is 8.78 Å². The van der Waals surface area contributed by atoms with Gasteiger partial charge in [-0.1, -0.05) is 5.16 Å². The summed E-state index contributed by atoms with van der Waals surface area (Å²) >= 11 is 0. The van der Waals surface area contributed by atoms with Crippen molar-refractivity contribution in [2.24, 2.45) is 0 Å². The monoisotopic (exact) mass is 280 g/mol. The maximum Gasteiger partial charge on any atom is 0.239 e. The molecule has 5 nitrogen and oxygen atoms in total.